The van der Waals surface area contributed by atoms with Crippen molar-refractivity contribution in [3.05, 3.63) is 29.7 Å². The van der Waals surface area contributed by atoms with E-state index in [0.717, 1.165) is 11.3 Å². The zero-order chi connectivity index (χ0) is 18.8. The lowest BCUT2D eigenvalue weighted by Gasteiger charge is -2.30. The van der Waals surface area contributed by atoms with E-state index in [1.807, 2.05) is 19.1 Å². The van der Waals surface area contributed by atoms with Gasteiger partial charge in [-0.15, -0.1) is 0 Å². The Bertz CT molecular complexity index is 832. The maximum absolute atomic E-state index is 12.1. The first-order valence-corrected chi connectivity index (χ1v) is 8.30. The predicted molar refractivity (Wildman–Crippen MR) is 97.4 cm³/mol. The van der Waals surface area contributed by atoms with Gasteiger partial charge in [-0.25, -0.2) is 4.79 Å². The van der Waals surface area contributed by atoms with E-state index in [1.165, 1.54) is 0 Å². The maximum Gasteiger partial charge on any atom is 0.319 e. The number of rotatable bonds is 4. The summed E-state index contributed by atoms with van der Waals surface area (Å²) >= 11 is 0. The van der Waals surface area contributed by atoms with Crippen molar-refractivity contribution in [3.63, 3.8) is 0 Å². The third-order valence-electron chi connectivity index (χ3n) is 4.29. The number of nitrogens with one attached hydrogen (secondary N) is 2. The minimum absolute atomic E-state index is 0.0973. The Morgan fingerprint density at radius 2 is 2.19 bits per heavy atom. The molecule has 2 N–H and O–H groups in total. The Hall–Kier alpha value is -3.10. The molecule has 0 saturated carbocycles. The van der Waals surface area contributed by atoms with Crippen molar-refractivity contribution in [2.45, 2.75) is 25.8 Å². The van der Waals surface area contributed by atoms with Gasteiger partial charge in [-0.2, -0.15) is 4.98 Å². The van der Waals surface area contributed by atoms with Crippen molar-refractivity contribution in [2.75, 3.05) is 36.3 Å². The molecule has 3 amide bonds. The Morgan fingerprint density at radius 3 is 2.88 bits per heavy atom. The van der Waals surface area contributed by atoms with Gasteiger partial charge in [-0.3, -0.25) is 4.79 Å². The van der Waals surface area contributed by atoms with Crippen LogP contribution in [0.25, 0.3) is 0 Å². The van der Waals surface area contributed by atoms with Gasteiger partial charge in [0.1, 0.15) is 0 Å². The molecule has 1 aromatic carbocycles. The second kappa shape index (κ2) is 7.03. The molecule has 0 unspecified atom stereocenters. The number of hydrogen-bond donors (Lipinski definition) is 2. The van der Waals surface area contributed by atoms with Crippen LogP contribution in [-0.2, 0) is 11.3 Å². The van der Waals surface area contributed by atoms with Gasteiger partial charge in [0.25, 0.3) is 5.95 Å². The average Bonchev–Trinajstić information content (AvgIpc) is 3.07. The molecule has 138 valence electrons. The van der Waals surface area contributed by atoms with Crippen LogP contribution in [0.2, 0.25) is 0 Å². The number of fused-ring (bicyclic) bond motifs is 1. The van der Waals surface area contributed by atoms with Gasteiger partial charge in [0.05, 0.1) is 6.54 Å². The van der Waals surface area contributed by atoms with Crippen molar-refractivity contribution < 1.29 is 14.1 Å². The van der Waals surface area contributed by atoms with E-state index in [0.29, 0.717) is 23.9 Å². The standard InChI is InChI=1S/C17H22N6O3/c1-10-7-15(24)23(4)13-6-5-11(8-12(10)13)19-17(25)18-9-14-20-16(21-26-14)22(2)3/h5-6,8,10H,7,9H2,1-4H3,(H2,18,19,25)/t10-/m0/s1. The molecule has 2 aromatic rings. The summed E-state index contributed by atoms with van der Waals surface area (Å²) in [5.41, 5.74) is 2.58. The first kappa shape index (κ1) is 17.7. The number of anilines is 3. The van der Waals surface area contributed by atoms with E-state index in [2.05, 4.69) is 20.8 Å². The van der Waals surface area contributed by atoms with Gasteiger partial charge in [-0.1, -0.05) is 6.92 Å². The van der Waals surface area contributed by atoms with Crippen molar-refractivity contribution in [1.82, 2.24) is 15.5 Å². The van der Waals surface area contributed by atoms with Crippen LogP contribution in [0.1, 0.15) is 30.7 Å². The molecule has 0 bridgehead atoms. The smallest absolute Gasteiger partial charge is 0.319 e. The number of nitrogens with zero attached hydrogens (tertiary/aromatic N) is 4. The molecule has 9 nitrogen and oxygen atoms in total. The zero-order valence-electron chi connectivity index (χ0n) is 15.2. The first-order valence-electron chi connectivity index (χ1n) is 8.30. The Labute approximate surface area is 151 Å². The number of benzene rings is 1. The summed E-state index contributed by atoms with van der Waals surface area (Å²) in [5, 5.41) is 9.25. The molecule has 3 rings (SSSR count). The van der Waals surface area contributed by atoms with Crippen LogP contribution in [-0.4, -0.2) is 43.2 Å². The van der Waals surface area contributed by atoms with E-state index in [1.54, 1.807) is 37.0 Å². The maximum atomic E-state index is 12.1. The van der Waals surface area contributed by atoms with Gasteiger partial charge in [0.15, 0.2) is 0 Å². The largest absolute Gasteiger partial charge is 0.344 e. The van der Waals surface area contributed by atoms with Crippen LogP contribution in [0.15, 0.2) is 22.7 Å². The minimum atomic E-state index is -0.373. The van der Waals surface area contributed by atoms with Crippen LogP contribution in [0.3, 0.4) is 0 Å². The molecule has 0 radical (unpaired) electrons. The van der Waals surface area contributed by atoms with Crippen molar-refractivity contribution >= 4 is 29.3 Å². The second-order valence-corrected chi connectivity index (χ2v) is 6.52. The van der Waals surface area contributed by atoms with Gasteiger partial charge >= 0.3 is 6.03 Å². The molecule has 0 spiro atoms. The molecular formula is C17H22N6O3. The number of carbonyl (C=O) groups is 2. The lowest BCUT2D eigenvalue weighted by atomic mass is 9.91. The summed E-state index contributed by atoms with van der Waals surface area (Å²) in [6.07, 6.45) is 0.463. The summed E-state index contributed by atoms with van der Waals surface area (Å²) in [6, 6.07) is 5.15. The molecule has 2 heterocycles. The van der Waals surface area contributed by atoms with Gasteiger partial charge in [-0.05, 0) is 34.8 Å². The molecule has 26 heavy (non-hydrogen) atoms. The molecular weight excluding hydrogens is 336 g/mol. The number of urea groups is 1. The predicted octanol–water partition coefficient (Wildman–Crippen LogP) is 1.93. The van der Waals surface area contributed by atoms with E-state index < -0.39 is 0 Å². The quantitative estimate of drug-likeness (QED) is 0.865. The molecule has 1 aliphatic rings. The van der Waals surface area contributed by atoms with Crippen LogP contribution in [0.5, 0.6) is 0 Å². The fraction of sp³-hybridized carbons (Fsp3) is 0.412. The molecule has 9 heteroatoms. The van der Waals surface area contributed by atoms with E-state index in [4.69, 9.17) is 4.52 Å². The Morgan fingerprint density at radius 1 is 1.42 bits per heavy atom. The SMILES string of the molecule is C[C@H]1CC(=O)N(C)c2ccc(NC(=O)NCc3nc(N(C)C)no3)cc21. The highest BCUT2D eigenvalue weighted by Crippen LogP contribution is 2.36. The number of carbonyl (C=O) groups excluding carboxylic acids is 2. The van der Waals surface area contributed by atoms with E-state index >= 15 is 0 Å². The highest BCUT2D eigenvalue weighted by Gasteiger charge is 2.26. The van der Waals surface area contributed by atoms with Crippen LogP contribution >= 0.6 is 0 Å². The number of hydrogen-bond acceptors (Lipinski definition) is 6. The molecule has 0 aliphatic carbocycles. The van der Waals surface area contributed by atoms with Gasteiger partial charge < -0.3 is 25.0 Å². The van der Waals surface area contributed by atoms with Crippen molar-refractivity contribution in [2.24, 2.45) is 0 Å². The second-order valence-electron chi connectivity index (χ2n) is 6.52. The minimum Gasteiger partial charge on any atom is -0.344 e. The zero-order valence-corrected chi connectivity index (χ0v) is 15.2. The topological polar surface area (TPSA) is 104 Å². The van der Waals surface area contributed by atoms with Crippen LogP contribution in [0.4, 0.5) is 22.1 Å². The number of amides is 3. The third-order valence-corrected chi connectivity index (χ3v) is 4.29. The molecule has 1 aliphatic heterocycles. The third kappa shape index (κ3) is 3.61. The van der Waals surface area contributed by atoms with E-state index in [-0.39, 0.29) is 24.4 Å². The summed E-state index contributed by atoms with van der Waals surface area (Å²) in [7, 11) is 5.37. The summed E-state index contributed by atoms with van der Waals surface area (Å²) < 4.78 is 5.05. The first-order chi connectivity index (χ1) is 12.3. The fourth-order valence-corrected chi connectivity index (χ4v) is 2.81. The van der Waals surface area contributed by atoms with Gasteiger partial charge in [0, 0.05) is 38.9 Å². The van der Waals surface area contributed by atoms with Crippen LogP contribution < -0.4 is 20.4 Å². The van der Waals surface area contributed by atoms with Crippen LogP contribution in [0, 0.1) is 0 Å². The lowest BCUT2D eigenvalue weighted by molar-refractivity contribution is -0.119. The average molecular weight is 358 g/mol. The highest BCUT2D eigenvalue weighted by molar-refractivity contribution is 5.97. The monoisotopic (exact) mass is 358 g/mol. The Kier molecular flexibility index (Phi) is 4.79. The highest BCUT2D eigenvalue weighted by atomic mass is 16.5. The lowest BCUT2D eigenvalue weighted by Crippen LogP contribution is -2.33. The summed E-state index contributed by atoms with van der Waals surface area (Å²) in [5.74, 6) is 0.981. The van der Waals surface area contributed by atoms with Gasteiger partial charge in [0.2, 0.25) is 11.8 Å². The normalized spacial score (nSPS) is 16.2. The van der Waals surface area contributed by atoms with Crippen molar-refractivity contribution in [1.29, 1.82) is 0 Å². The summed E-state index contributed by atoms with van der Waals surface area (Å²) in [4.78, 5) is 31.5. The fourth-order valence-electron chi connectivity index (χ4n) is 2.81. The molecule has 1 atom stereocenters. The summed E-state index contributed by atoms with van der Waals surface area (Å²) in [6.45, 7) is 2.14. The van der Waals surface area contributed by atoms with E-state index in [9.17, 15) is 9.59 Å². The Balaban J connectivity index is 1.62. The molecule has 0 saturated heterocycles. The van der Waals surface area contributed by atoms with Crippen molar-refractivity contribution in [3.8, 4) is 0 Å². The molecule has 0 fully saturated rings. The number of aromatic nitrogens is 2. The molecule has 1 aromatic heterocycles.